The second-order valence-electron chi connectivity index (χ2n) is 4.95. The Balaban J connectivity index is 3.56. The van der Waals surface area contributed by atoms with Gasteiger partial charge in [0.15, 0.2) is 0 Å². The quantitative estimate of drug-likeness (QED) is 0.516. The van der Waals surface area contributed by atoms with E-state index in [1.807, 2.05) is 0 Å². The first-order valence-corrected chi connectivity index (χ1v) is 8.70. The van der Waals surface area contributed by atoms with E-state index >= 15 is 0 Å². The van der Waals surface area contributed by atoms with Gasteiger partial charge in [-0.25, -0.2) is 13.2 Å². The zero-order valence-corrected chi connectivity index (χ0v) is 12.8. The Bertz CT molecular complexity index is 408. The molecule has 0 saturated carbocycles. The van der Waals surface area contributed by atoms with Gasteiger partial charge in [0.1, 0.15) is 9.84 Å². The Hall–Kier alpha value is -1.31. The fourth-order valence-electron chi connectivity index (χ4n) is 1.73. The zero-order valence-electron chi connectivity index (χ0n) is 12.0. The molecule has 118 valence electrons. The molecule has 7 nitrogen and oxygen atoms in total. The lowest BCUT2D eigenvalue weighted by Crippen LogP contribution is -2.43. The standard InChI is InChI=1S/C12H24N2O5S/c1-10(9-20(2,18)19)14-12(17)13-8-6-4-3-5-7-11(15)16/h10H,3-9H2,1-2H3,(H,15,16)(H2,13,14,17). The maximum Gasteiger partial charge on any atom is 0.315 e. The van der Waals surface area contributed by atoms with Crippen LogP contribution in [0.25, 0.3) is 0 Å². The number of carbonyl (C=O) groups excluding carboxylic acids is 1. The minimum Gasteiger partial charge on any atom is -0.481 e. The van der Waals surface area contributed by atoms with Gasteiger partial charge >= 0.3 is 12.0 Å². The summed E-state index contributed by atoms with van der Waals surface area (Å²) in [6.07, 6.45) is 4.39. The molecule has 0 fully saturated rings. The number of rotatable bonds is 10. The molecule has 0 aliphatic rings. The molecule has 0 aromatic rings. The van der Waals surface area contributed by atoms with Crippen LogP contribution in [0.2, 0.25) is 0 Å². The molecule has 0 heterocycles. The van der Waals surface area contributed by atoms with E-state index in [2.05, 4.69) is 10.6 Å². The largest absolute Gasteiger partial charge is 0.481 e. The van der Waals surface area contributed by atoms with Gasteiger partial charge in [-0.3, -0.25) is 4.79 Å². The molecule has 1 atom stereocenters. The molecule has 1 unspecified atom stereocenters. The first-order valence-electron chi connectivity index (χ1n) is 6.64. The van der Waals surface area contributed by atoms with Crippen LogP contribution < -0.4 is 10.6 Å². The Labute approximate surface area is 120 Å². The van der Waals surface area contributed by atoms with Crippen LogP contribution in [-0.2, 0) is 14.6 Å². The monoisotopic (exact) mass is 308 g/mol. The highest BCUT2D eigenvalue weighted by molar-refractivity contribution is 7.90. The number of urea groups is 1. The summed E-state index contributed by atoms with van der Waals surface area (Å²) in [5, 5.41) is 13.6. The third kappa shape index (κ3) is 13.1. The molecule has 0 aliphatic carbocycles. The van der Waals surface area contributed by atoms with Crippen molar-refractivity contribution in [1.29, 1.82) is 0 Å². The number of hydrogen-bond donors (Lipinski definition) is 3. The summed E-state index contributed by atoms with van der Waals surface area (Å²) in [7, 11) is -3.10. The molecule has 8 heteroatoms. The van der Waals surface area contributed by atoms with E-state index in [1.54, 1.807) is 6.92 Å². The fourth-order valence-corrected chi connectivity index (χ4v) is 2.72. The van der Waals surface area contributed by atoms with Crippen LogP contribution in [0.4, 0.5) is 4.79 Å². The van der Waals surface area contributed by atoms with E-state index in [9.17, 15) is 18.0 Å². The summed E-state index contributed by atoms with van der Waals surface area (Å²) in [4.78, 5) is 21.7. The van der Waals surface area contributed by atoms with Gasteiger partial charge < -0.3 is 15.7 Å². The Morgan fingerprint density at radius 3 is 2.30 bits per heavy atom. The predicted molar refractivity (Wildman–Crippen MR) is 76.4 cm³/mol. The van der Waals surface area contributed by atoms with Crippen molar-refractivity contribution in [3.8, 4) is 0 Å². The van der Waals surface area contributed by atoms with Gasteiger partial charge in [-0.2, -0.15) is 0 Å². The lowest BCUT2D eigenvalue weighted by Gasteiger charge is -2.13. The minimum absolute atomic E-state index is 0.0877. The van der Waals surface area contributed by atoms with Crippen molar-refractivity contribution in [3.05, 3.63) is 0 Å². The number of carbonyl (C=O) groups is 2. The summed E-state index contributed by atoms with van der Waals surface area (Å²) >= 11 is 0. The number of carboxylic acids is 1. The number of unbranched alkanes of at least 4 members (excludes halogenated alkanes) is 3. The summed E-state index contributed by atoms with van der Waals surface area (Å²) in [6, 6.07) is -0.813. The zero-order chi connectivity index (χ0) is 15.6. The molecule has 0 rings (SSSR count). The van der Waals surface area contributed by atoms with Crippen LogP contribution in [0.5, 0.6) is 0 Å². The molecular formula is C12H24N2O5S. The van der Waals surface area contributed by atoms with Crippen molar-refractivity contribution in [1.82, 2.24) is 10.6 Å². The Kier molecular flexibility index (Phi) is 8.94. The first-order chi connectivity index (χ1) is 9.20. The second-order valence-corrected chi connectivity index (χ2v) is 7.14. The van der Waals surface area contributed by atoms with Gasteiger partial charge in [-0.1, -0.05) is 12.8 Å². The van der Waals surface area contributed by atoms with Crippen molar-refractivity contribution in [3.63, 3.8) is 0 Å². The second kappa shape index (κ2) is 9.57. The van der Waals surface area contributed by atoms with Crippen molar-refractivity contribution in [2.45, 2.75) is 45.1 Å². The summed E-state index contributed by atoms with van der Waals surface area (Å²) in [5.74, 6) is -0.877. The lowest BCUT2D eigenvalue weighted by atomic mass is 10.1. The maximum absolute atomic E-state index is 11.4. The number of sulfone groups is 1. The van der Waals surface area contributed by atoms with E-state index in [4.69, 9.17) is 5.11 Å². The average Bonchev–Trinajstić information content (AvgIpc) is 2.24. The van der Waals surface area contributed by atoms with E-state index in [0.717, 1.165) is 25.5 Å². The lowest BCUT2D eigenvalue weighted by molar-refractivity contribution is -0.137. The molecule has 0 radical (unpaired) electrons. The number of carboxylic acid groups (broad SMARTS) is 1. The van der Waals surface area contributed by atoms with Gasteiger partial charge in [0, 0.05) is 25.3 Å². The molecule has 0 bridgehead atoms. The highest BCUT2D eigenvalue weighted by Crippen LogP contribution is 2.02. The highest BCUT2D eigenvalue weighted by atomic mass is 32.2. The van der Waals surface area contributed by atoms with Crippen LogP contribution in [-0.4, -0.2) is 50.1 Å². The molecule has 20 heavy (non-hydrogen) atoms. The van der Waals surface area contributed by atoms with E-state index < -0.39 is 21.8 Å². The van der Waals surface area contributed by atoms with E-state index in [1.165, 1.54) is 0 Å². The van der Waals surface area contributed by atoms with Crippen molar-refractivity contribution in [2.75, 3.05) is 18.6 Å². The topological polar surface area (TPSA) is 113 Å². The van der Waals surface area contributed by atoms with Crippen LogP contribution in [0, 0.1) is 0 Å². The van der Waals surface area contributed by atoms with Crippen LogP contribution in [0.1, 0.15) is 39.0 Å². The summed E-state index contributed by atoms with van der Waals surface area (Å²) in [5.41, 5.74) is 0. The summed E-state index contributed by atoms with van der Waals surface area (Å²) in [6.45, 7) is 2.12. The van der Waals surface area contributed by atoms with Crippen LogP contribution in [0.3, 0.4) is 0 Å². The molecule has 0 spiro atoms. The molecule has 0 saturated heterocycles. The molecule has 0 aliphatic heterocycles. The SMILES string of the molecule is CC(CS(C)(=O)=O)NC(=O)NCCCCCCC(=O)O. The minimum atomic E-state index is -3.10. The van der Waals surface area contributed by atoms with E-state index in [-0.39, 0.29) is 18.2 Å². The summed E-state index contributed by atoms with van der Waals surface area (Å²) < 4.78 is 22.0. The number of nitrogens with one attached hydrogen (secondary N) is 2. The predicted octanol–water partition coefficient (Wildman–Crippen LogP) is 0.754. The van der Waals surface area contributed by atoms with Gasteiger partial charge in [0.2, 0.25) is 0 Å². The molecule has 2 amide bonds. The van der Waals surface area contributed by atoms with Crippen LogP contribution in [0.15, 0.2) is 0 Å². The van der Waals surface area contributed by atoms with Crippen molar-refractivity contribution < 1.29 is 23.1 Å². The third-order valence-electron chi connectivity index (χ3n) is 2.53. The van der Waals surface area contributed by atoms with Crippen molar-refractivity contribution >= 4 is 21.8 Å². The van der Waals surface area contributed by atoms with Gasteiger partial charge in [-0.05, 0) is 19.8 Å². The Morgan fingerprint density at radius 2 is 1.75 bits per heavy atom. The first kappa shape index (κ1) is 18.7. The van der Waals surface area contributed by atoms with Crippen LogP contribution >= 0.6 is 0 Å². The van der Waals surface area contributed by atoms with E-state index in [0.29, 0.717) is 13.0 Å². The number of aliphatic carboxylic acids is 1. The molecule has 0 aromatic heterocycles. The van der Waals surface area contributed by atoms with Gasteiger partial charge in [0.25, 0.3) is 0 Å². The van der Waals surface area contributed by atoms with Gasteiger partial charge in [0.05, 0.1) is 5.75 Å². The molecule has 0 aromatic carbocycles. The smallest absolute Gasteiger partial charge is 0.315 e. The number of amides is 2. The fraction of sp³-hybridized carbons (Fsp3) is 0.833. The Morgan fingerprint density at radius 1 is 1.15 bits per heavy atom. The highest BCUT2D eigenvalue weighted by Gasteiger charge is 2.12. The van der Waals surface area contributed by atoms with Gasteiger partial charge in [-0.15, -0.1) is 0 Å². The number of hydrogen-bond acceptors (Lipinski definition) is 4. The molecular weight excluding hydrogens is 284 g/mol. The molecule has 3 N–H and O–H groups in total. The maximum atomic E-state index is 11.4. The average molecular weight is 308 g/mol. The third-order valence-corrected chi connectivity index (χ3v) is 3.64. The van der Waals surface area contributed by atoms with Crippen molar-refractivity contribution in [2.24, 2.45) is 0 Å². The normalized spacial score (nSPS) is 12.7.